The molecule has 1 rings (SSSR count). The van der Waals surface area contributed by atoms with E-state index in [-0.39, 0.29) is 0 Å². The van der Waals surface area contributed by atoms with Gasteiger partial charge >= 0.3 is 5.97 Å². The lowest BCUT2D eigenvalue weighted by molar-refractivity contribution is -0.143. The zero-order valence-corrected chi connectivity index (χ0v) is 8.15. The Morgan fingerprint density at radius 2 is 2.07 bits per heavy atom. The van der Waals surface area contributed by atoms with Crippen molar-refractivity contribution in [3.63, 3.8) is 0 Å². The van der Waals surface area contributed by atoms with Gasteiger partial charge in [-0.2, -0.15) is 0 Å². The van der Waals surface area contributed by atoms with Crippen LogP contribution in [0.4, 0.5) is 0 Å². The fourth-order valence-electron chi connectivity index (χ4n) is 1.19. The van der Waals surface area contributed by atoms with Crippen molar-refractivity contribution < 1.29 is 14.6 Å². The summed E-state index contributed by atoms with van der Waals surface area (Å²) in [5.41, 5.74) is 4.72. The van der Waals surface area contributed by atoms with E-state index in [2.05, 4.69) is 0 Å². The summed E-state index contributed by atoms with van der Waals surface area (Å²) in [7, 11) is 1.48. The number of carbonyl (C=O) groups is 1. The molecular formula is C10H13NO3. The van der Waals surface area contributed by atoms with Gasteiger partial charge in [-0.25, -0.2) is 4.79 Å². The molecule has 76 valence electrons. The molecule has 4 heteroatoms. The molecule has 0 heterocycles. The molecule has 0 amide bonds. The topological polar surface area (TPSA) is 72.5 Å². The van der Waals surface area contributed by atoms with Crippen molar-refractivity contribution in [3.8, 4) is 5.75 Å². The molecule has 0 aliphatic heterocycles. The maximum absolute atomic E-state index is 10.9. The van der Waals surface area contributed by atoms with Crippen LogP contribution in [0.5, 0.6) is 5.75 Å². The third-order valence-corrected chi connectivity index (χ3v) is 2.11. The Morgan fingerprint density at radius 1 is 1.50 bits per heavy atom. The van der Waals surface area contributed by atoms with Gasteiger partial charge < -0.3 is 15.6 Å². The monoisotopic (exact) mass is 195 g/mol. The molecule has 3 N–H and O–H groups in total. The van der Waals surface area contributed by atoms with Crippen LogP contribution in [0.2, 0.25) is 0 Å². The summed E-state index contributed by atoms with van der Waals surface area (Å²) in [6.07, 6.45) is 0. The van der Waals surface area contributed by atoms with E-state index in [4.69, 9.17) is 15.6 Å². The van der Waals surface area contributed by atoms with Gasteiger partial charge in [-0.15, -0.1) is 0 Å². The van der Waals surface area contributed by atoms with Gasteiger partial charge in [0.1, 0.15) is 11.3 Å². The Morgan fingerprint density at radius 3 is 2.57 bits per heavy atom. The lowest BCUT2D eigenvalue weighted by atomic mass is 9.92. The highest BCUT2D eigenvalue weighted by Crippen LogP contribution is 2.27. The van der Waals surface area contributed by atoms with E-state index in [1.165, 1.54) is 14.0 Å². The first-order chi connectivity index (χ1) is 6.50. The van der Waals surface area contributed by atoms with Crippen LogP contribution in [-0.4, -0.2) is 18.2 Å². The van der Waals surface area contributed by atoms with E-state index in [0.717, 1.165) is 0 Å². The molecule has 1 atom stereocenters. The minimum absolute atomic E-state index is 0.468. The lowest BCUT2D eigenvalue weighted by Crippen LogP contribution is -2.41. The van der Waals surface area contributed by atoms with Crippen LogP contribution in [0.3, 0.4) is 0 Å². The van der Waals surface area contributed by atoms with Gasteiger partial charge in [0.05, 0.1) is 7.11 Å². The minimum atomic E-state index is -1.42. The van der Waals surface area contributed by atoms with Gasteiger partial charge in [-0.1, -0.05) is 18.2 Å². The molecular weight excluding hydrogens is 182 g/mol. The molecule has 0 spiro atoms. The highest BCUT2D eigenvalue weighted by Gasteiger charge is 2.32. The van der Waals surface area contributed by atoms with Crippen molar-refractivity contribution in [2.45, 2.75) is 12.5 Å². The SMILES string of the molecule is COc1ccccc1C(C)(N)C(=O)O. The average molecular weight is 195 g/mol. The maximum atomic E-state index is 10.9. The molecule has 0 saturated heterocycles. The van der Waals surface area contributed by atoms with Gasteiger partial charge in [0, 0.05) is 5.56 Å². The van der Waals surface area contributed by atoms with Crippen molar-refractivity contribution in [1.82, 2.24) is 0 Å². The Bertz CT molecular complexity index is 347. The highest BCUT2D eigenvalue weighted by molar-refractivity contribution is 5.81. The number of benzene rings is 1. The van der Waals surface area contributed by atoms with Crippen molar-refractivity contribution in [1.29, 1.82) is 0 Å². The molecule has 1 aromatic carbocycles. The Balaban J connectivity index is 3.24. The zero-order valence-electron chi connectivity index (χ0n) is 8.15. The minimum Gasteiger partial charge on any atom is -0.496 e. The first-order valence-electron chi connectivity index (χ1n) is 4.16. The number of para-hydroxylation sites is 1. The summed E-state index contributed by atoms with van der Waals surface area (Å²) in [4.78, 5) is 10.9. The summed E-state index contributed by atoms with van der Waals surface area (Å²) in [6, 6.07) is 6.82. The third-order valence-electron chi connectivity index (χ3n) is 2.11. The fourth-order valence-corrected chi connectivity index (χ4v) is 1.19. The summed E-state index contributed by atoms with van der Waals surface area (Å²) >= 11 is 0. The molecule has 0 saturated carbocycles. The predicted molar refractivity (Wildman–Crippen MR) is 52.2 cm³/mol. The van der Waals surface area contributed by atoms with E-state index in [0.29, 0.717) is 11.3 Å². The van der Waals surface area contributed by atoms with E-state index in [1.54, 1.807) is 24.3 Å². The summed E-state index contributed by atoms with van der Waals surface area (Å²) < 4.78 is 5.04. The number of aliphatic carboxylic acids is 1. The van der Waals surface area contributed by atoms with Crippen molar-refractivity contribution in [2.75, 3.05) is 7.11 Å². The molecule has 14 heavy (non-hydrogen) atoms. The number of nitrogens with two attached hydrogens (primary N) is 1. The van der Waals surface area contributed by atoms with Crippen molar-refractivity contribution in [3.05, 3.63) is 29.8 Å². The number of methoxy groups -OCH3 is 1. The summed E-state index contributed by atoms with van der Waals surface area (Å²) in [5.74, 6) is -0.595. The summed E-state index contributed by atoms with van der Waals surface area (Å²) in [5, 5.41) is 8.93. The normalized spacial score (nSPS) is 14.5. The molecule has 1 unspecified atom stereocenters. The van der Waals surface area contributed by atoms with Crippen molar-refractivity contribution in [2.24, 2.45) is 5.73 Å². The Kier molecular flexibility index (Phi) is 2.76. The maximum Gasteiger partial charge on any atom is 0.328 e. The Labute approximate surface area is 82.3 Å². The molecule has 0 fully saturated rings. The van der Waals surface area contributed by atoms with Gasteiger partial charge in [0.25, 0.3) is 0 Å². The number of hydrogen-bond donors (Lipinski definition) is 2. The smallest absolute Gasteiger partial charge is 0.328 e. The average Bonchev–Trinajstić information content (AvgIpc) is 2.17. The third kappa shape index (κ3) is 1.70. The Hall–Kier alpha value is -1.55. The molecule has 4 nitrogen and oxygen atoms in total. The molecule has 1 aromatic rings. The molecule has 0 aliphatic carbocycles. The largest absolute Gasteiger partial charge is 0.496 e. The first-order valence-corrected chi connectivity index (χ1v) is 4.16. The molecule has 0 radical (unpaired) electrons. The highest BCUT2D eigenvalue weighted by atomic mass is 16.5. The van der Waals surface area contributed by atoms with Crippen LogP contribution < -0.4 is 10.5 Å². The van der Waals surface area contributed by atoms with Gasteiger partial charge in [0.15, 0.2) is 0 Å². The van der Waals surface area contributed by atoms with E-state index >= 15 is 0 Å². The molecule has 0 bridgehead atoms. The van der Waals surface area contributed by atoms with E-state index in [1.807, 2.05) is 0 Å². The number of carboxylic acids is 1. The molecule has 0 aliphatic rings. The van der Waals surface area contributed by atoms with Crippen LogP contribution in [0.25, 0.3) is 0 Å². The van der Waals surface area contributed by atoms with Crippen LogP contribution in [-0.2, 0) is 10.3 Å². The number of carboxylic acid groups (broad SMARTS) is 1. The van der Waals surface area contributed by atoms with Crippen molar-refractivity contribution >= 4 is 5.97 Å². The number of hydrogen-bond acceptors (Lipinski definition) is 3. The van der Waals surface area contributed by atoms with Crippen LogP contribution in [0.15, 0.2) is 24.3 Å². The van der Waals surface area contributed by atoms with E-state index in [9.17, 15) is 4.79 Å². The van der Waals surface area contributed by atoms with Crippen LogP contribution >= 0.6 is 0 Å². The number of ether oxygens (including phenoxy) is 1. The second-order valence-electron chi connectivity index (χ2n) is 3.21. The quantitative estimate of drug-likeness (QED) is 0.753. The van der Waals surface area contributed by atoms with Gasteiger partial charge in [-0.3, -0.25) is 0 Å². The lowest BCUT2D eigenvalue weighted by Gasteiger charge is -2.21. The second kappa shape index (κ2) is 3.67. The first kappa shape index (κ1) is 10.5. The summed E-state index contributed by atoms with van der Waals surface area (Å²) in [6.45, 7) is 1.44. The second-order valence-corrected chi connectivity index (χ2v) is 3.21. The van der Waals surface area contributed by atoms with Crippen LogP contribution in [0.1, 0.15) is 12.5 Å². The predicted octanol–water partition coefficient (Wildman–Crippen LogP) is 0.954. The zero-order chi connectivity index (χ0) is 10.8. The van der Waals surface area contributed by atoms with Gasteiger partial charge in [-0.05, 0) is 13.0 Å². The number of rotatable bonds is 3. The van der Waals surface area contributed by atoms with Gasteiger partial charge in [0.2, 0.25) is 0 Å². The fraction of sp³-hybridized carbons (Fsp3) is 0.300. The molecule has 0 aromatic heterocycles. The van der Waals surface area contributed by atoms with E-state index < -0.39 is 11.5 Å². The van der Waals surface area contributed by atoms with Crippen LogP contribution in [0, 0.1) is 0 Å². The standard InChI is InChI=1S/C10H13NO3/c1-10(11,9(12)13)7-5-3-4-6-8(7)14-2/h3-6H,11H2,1-2H3,(H,12,13).